The molecule has 0 atom stereocenters. The van der Waals surface area contributed by atoms with Crippen LogP contribution in [0.15, 0.2) is 28.2 Å². The van der Waals surface area contributed by atoms with Gasteiger partial charge in [0.2, 0.25) is 5.91 Å². The Morgan fingerprint density at radius 3 is 2.95 bits per heavy atom. The Morgan fingerprint density at radius 1 is 1.45 bits per heavy atom. The van der Waals surface area contributed by atoms with E-state index in [9.17, 15) is 18.4 Å². The van der Waals surface area contributed by atoms with Crippen molar-refractivity contribution >= 4 is 23.4 Å². The van der Waals surface area contributed by atoms with Gasteiger partial charge in [-0.2, -0.15) is 0 Å². The Bertz CT molecular complexity index is 729. The molecule has 0 bridgehead atoms. The van der Waals surface area contributed by atoms with Gasteiger partial charge < -0.3 is 5.32 Å². The third kappa shape index (κ3) is 3.94. The molecule has 6 nitrogen and oxygen atoms in total. The van der Waals surface area contributed by atoms with Crippen molar-refractivity contribution < 1.29 is 13.6 Å². The zero-order valence-corrected chi connectivity index (χ0v) is 12.5. The lowest BCUT2D eigenvalue weighted by molar-refractivity contribution is -0.113. The van der Waals surface area contributed by atoms with Gasteiger partial charge in [0.15, 0.2) is 5.16 Å². The molecular formula is C13H14F2N4O2S. The van der Waals surface area contributed by atoms with E-state index in [0.29, 0.717) is 11.7 Å². The minimum Gasteiger partial charge on any atom is -0.323 e. The molecule has 22 heavy (non-hydrogen) atoms. The molecule has 0 aliphatic carbocycles. The minimum atomic E-state index is -0.720. The molecule has 0 fully saturated rings. The quantitative estimate of drug-likeness (QED) is 0.795. The van der Waals surface area contributed by atoms with E-state index in [-0.39, 0.29) is 17.1 Å². The smallest absolute Gasteiger partial charge is 0.323 e. The first-order chi connectivity index (χ1) is 10.5. The Morgan fingerprint density at radius 2 is 2.23 bits per heavy atom. The van der Waals surface area contributed by atoms with E-state index in [0.717, 1.165) is 36.4 Å². The van der Waals surface area contributed by atoms with Gasteiger partial charge in [0, 0.05) is 12.6 Å². The zero-order valence-electron chi connectivity index (χ0n) is 11.7. The van der Waals surface area contributed by atoms with Crippen LogP contribution in [0.3, 0.4) is 0 Å². The van der Waals surface area contributed by atoms with Crippen molar-refractivity contribution in [3.8, 4) is 0 Å². The summed E-state index contributed by atoms with van der Waals surface area (Å²) in [5.74, 6) is -1.96. The second-order valence-electron chi connectivity index (χ2n) is 4.42. The van der Waals surface area contributed by atoms with Gasteiger partial charge in [-0.25, -0.2) is 18.7 Å². The highest BCUT2D eigenvalue weighted by Crippen LogP contribution is 2.17. The average Bonchev–Trinajstić information content (AvgIpc) is 2.82. The number of thioether (sulfide) groups is 1. The number of anilines is 1. The number of nitrogens with zero attached hydrogens (tertiary/aromatic N) is 2. The molecular weight excluding hydrogens is 314 g/mol. The number of rotatable bonds is 6. The highest BCUT2D eigenvalue weighted by molar-refractivity contribution is 7.99. The van der Waals surface area contributed by atoms with Gasteiger partial charge in [0.1, 0.15) is 11.6 Å². The summed E-state index contributed by atoms with van der Waals surface area (Å²) in [4.78, 5) is 23.3. The summed E-state index contributed by atoms with van der Waals surface area (Å²) in [6.07, 6.45) is 0.744. The van der Waals surface area contributed by atoms with Crippen LogP contribution in [-0.4, -0.2) is 26.4 Å². The zero-order chi connectivity index (χ0) is 16.1. The molecule has 0 saturated carbocycles. The van der Waals surface area contributed by atoms with Crippen LogP contribution >= 0.6 is 11.8 Å². The second kappa shape index (κ2) is 7.21. The number of aromatic nitrogens is 3. The van der Waals surface area contributed by atoms with Gasteiger partial charge in [-0.05, 0) is 18.6 Å². The molecule has 0 radical (unpaired) electrons. The Kier molecular flexibility index (Phi) is 5.31. The van der Waals surface area contributed by atoms with E-state index < -0.39 is 17.5 Å². The molecule has 2 N–H and O–H groups in total. The number of benzene rings is 1. The van der Waals surface area contributed by atoms with Gasteiger partial charge in [-0.3, -0.25) is 9.36 Å². The number of aromatic amines is 1. The fraction of sp³-hybridized carbons (Fsp3) is 0.308. The van der Waals surface area contributed by atoms with Gasteiger partial charge in [0.25, 0.3) is 0 Å². The third-order valence-electron chi connectivity index (χ3n) is 2.71. The summed E-state index contributed by atoms with van der Waals surface area (Å²) < 4.78 is 27.8. The number of H-pyrrole nitrogens is 1. The largest absolute Gasteiger partial charge is 0.343 e. The fourth-order valence-electron chi connectivity index (χ4n) is 1.74. The van der Waals surface area contributed by atoms with Crippen LogP contribution < -0.4 is 11.0 Å². The lowest BCUT2D eigenvalue weighted by atomic mass is 10.3. The third-order valence-corrected chi connectivity index (χ3v) is 3.68. The van der Waals surface area contributed by atoms with E-state index in [4.69, 9.17) is 0 Å². The molecule has 0 saturated heterocycles. The maximum atomic E-state index is 13.4. The van der Waals surface area contributed by atoms with Crippen molar-refractivity contribution in [2.75, 3.05) is 11.1 Å². The van der Waals surface area contributed by atoms with Crippen LogP contribution in [-0.2, 0) is 11.3 Å². The van der Waals surface area contributed by atoms with Crippen molar-refractivity contribution in [1.29, 1.82) is 0 Å². The first-order valence-electron chi connectivity index (χ1n) is 6.54. The van der Waals surface area contributed by atoms with Crippen molar-refractivity contribution in [3.63, 3.8) is 0 Å². The number of hydrogen-bond donors (Lipinski definition) is 2. The van der Waals surface area contributed by atoms with Gasteiger partial charge >= 0.3 is 5.69 Å². The van der Waals surface area contributed by atoms with E-state index in [1.165, 1.54) is 4.57 Å². The molecule has 118 valence electrons. The van der Waals surface area contributed by atoms with Crippen LogP contribution in [0.4, 0.5) is 14.5 Å². The SMILES string of the molecule is CCCn1c(SCC(=O)Nc2cc(F)ccc2F)n[nH]c1=O. The van der Waals surface area contributed by atoms with E-state index >= 15 is 0 Å². The summed E-state index contributed by atoms with van der Waals surface area (Å²) in [7, 11) is 0. The van der Waals surface area contributed by atoms with Crippen molar-refractivity contribution in [2.24, 2.45) is 0 Å². The Hall–Kier alpha value is -2.16. The highest BCUT2D eigenvalue weighted by Gasteiger charge is 2.12. The molecule has 2 rings (SSSR count). The first-order valence-corrected chi connectivity index (χ1v) is 7.52. The lowest BCUT2D eigenvalue weighted by Crippen LogP contribution is -2.19. The Labute approximate surface area is 128 Å². The van der Waals surface area contributed by atoms with E-state index in [1.807, 2.05) is 6.92 Å². The Balaban J connectivity index is 1.98. The van der Waals surface area contributed by atoms with Gasteiger partial charge in [-0.15, -0.1) is 5.10 Å². The minimum absolute atomic E-state index is 0.0794. The fourth-order valence-corrected chi connectivity index (χ4v) is 2.52. The maximum Gasteiger partial charge on any atom is 0.343 e. The molecule has 0 aliphatic rings. The number of hydrogen-bond acceptors (Lipinski definition) is 4. The monoisotopic (exact) mass is 328 g/mol. The van der Waals surface area contributed by atoms with Crippen molar-refractivity contribution in [3.05, 3.63) is 40.3 Å². The molecule has 9 heteroatoms. The van der Waals surface area contributed by atoms with Crippen LogP contribution in [0.1, 0.15) is 13.3 Å². The normalized spacial score (nSPS) is 10.7. The number of carbonyl (C=O) groups is 1. The summed E-state index contributed by atoms with van der Waals surface area (Å²) >= 11 is 1.04. The summed E-state index contributed by atoms with van der Waals surface area (Å²) in [6.45, 7) is 2.39. The highest BCUT2D eigenvalue weighted by atomic mass is 32.2. The van der Waals surface area contributed by atoms with Crippen LogP contribution in [0.2, 0.25) is 0 Å². The molecule has 0 unspecified atom stereocenters. The predicted molar refractivity (Wildman–Crippen MR) is 78.9 cm³/mol. The molecule has 2 aromatic rings. The molecule has 1 heterocycles. The predicted octanol–water partition coefficient (Wildman–Crippen LogP) is 1.99. The number of amides is 1. The van der Waals surface area contributed by atoms with Crippen LogP contribution in [0.25, 0.3) is 0 Å². The standard InChI is InChI=1S/C13H14F2N4O2S/c1-2-5-19-12(21)17-18-13(19)22-7-11(20)16-10-6-8(14)3-4-9(10)15/h3-4,6H,2,5,7H2,1H3,(H,16,20)(H,17,21). The van der Waals surface area contributed by atoms with E-state index in [1.54, 1.807) is 0 Å². The summed E-state index contributed by atoms with van der Waals surface area (Å²) in [5, 5.41) is 8.78. The number of nitrogens with one attached hydrogen (secondary N) is 2. The number of halogens is 2. The van der Waals surface area contributed by atoms with Crippen molar-refractivity contribution in [2.45, 2.75) is 25.0 Å². The molecule has 1 aromatic heterocycles. The molecule has 0 spiro atoms. The summed E-state index contributed by atoms with van der Waals surface area (Å²) in [6, 6.07) is 2.80. The maximum absolute atomic E-state index is 13.4. The molecule has 1 aromatic carbocycles. The topological polar surface area (TPSA) is 79.8 Å². The van der Waals surface area contributed by atoms with Crippen molar-refractivity contribution in [1.82, 2.24) is 14.8 Å². The van der Waals surface area contributed by atoms with E-state index in [2.05, 4.69) is 15.5 Å². The first kappa shape index (κ1) is 16.2. The van der Waals surface area contributed by atoms with Crippen LogP contribution in [0, 0.1) is 11.6 Å². The average molecular weight is 328 g/mol. The molecule has 1 amide bonds. The molecule has 0 aliphatic heterocycles. The van der Waals surface area contributed by atoms with Gasteiger partial charge in [-0.1, -0.05) is 18.7 Å². The lowest BCUT2D eigenvalue weighted by Gasteiger charge is -2.06. The summed E-state index contributed by atoms with van der Waals surface area (Å²) in [5.41, 5.74) is -0.570. The van der Waals surface area contributed by atoms with Gasteiger partial charge in [0.05, 0.1) is 11.4 Å². The van der Waals surface area contributed by atoms with Crippen LogP contribution in [0.5, 0.6) is 0 Å². The number of carbonyl (C=O) groups excluding carboxylic acids is 1. The second-order valence-corrected chi connectivity index (χ2v) is 5.37.